The van der Waals surface area contributed by atoms with Crippen molar-refractivity contribution in [3.8, 4) is 0 Å². The van der Waals surface area contributed by atoms with Gasteiger partial charge in [-0.1, -0.05) is 12.1 Å². The molecule has 0 aliphatic rings. The number of aryl methyl sites for hydroxylation is 2. The minimum atomic E-state index is -0.573. The number of benzene rings is 1. The number of carbonyl (C=O) groups is 2. The predicted octanol–water partition coefficient (Wildman–Crippen LogP) is 1.57. The first kappa shape index (κ1) is 18.5. The molecule has 7 nitrogen and oxygen atoms in total. The van der Waals surface area contributed by atoms with E-state index in [9.17, 15) is 9.59 Å². The van der Waals surface area contributed by atoms with Crippen molar-refractivity contribution in [3.63, 3.8) is 0 Å². The van der Waals surface area contributed by atoms with Crippen molar-refractivity contribution in [2.45, 2.75) is 39.8 Å². The Balaban J connectivity index is 1.95. The Morgan fingerprint density at radius 1 is 1.24 bits per heavy atom. The molecule has 0 saturated heterocycles. The van der Waals surface area contributed by atoms with Crippen molar-refractivity contribution in [2.24, 2.45) is 12.8 Å². The molecule has 0 aliphatic heterocycles. The molecule has 1 heterocycles. The fraction of sp³-hybridized carbons (Fsp3) is 0.389. The van der Waals surface area contributed by atoms with Gasteiger partial charge in [-0.05, 0) is 50.5 Å². The molecule has 25 heavy (non-hydrogen) atoms. The highest BCUT2D eigenvalue weighted by Crippen LogP contribution is 2.14. The largest absolute Gasteiger partial charge is 0.352 e. The van der Waals surface area contributed by atoms with Gasteiger partial charge >= 0.3 is 6.03 Å². The molecule has 3 amide bonds. The Morgan fingerprint density at radius 2 is 1.88 bits per heavy atom. The van der Waals surface area contributed by atoms with Gasteiger partial charge in [-0.15, -0.1) is 0 Å². The second-order valence-electron chi connectivity index (χ2n) is 6.27. The summed E-state index contributed by atoms with van der Waals surface area (Å²) in [7, 11) is 1.92. The average Bonchev–Trinajstić information content (AvgIpc) is 2.79. The summed E-state index contributed by atoms with van der Waals surface area (Å²) < 4.78 is 1.86. The molecule has 1 atom stereocenters. The summed E-state index contributed by atoms with van der Waals surface area (Å²) in [4.78, 5) is 23.1. The van der Waals surface area contributed by atoms with E-state index in [-0.39, 0.29) is 11.9 Å². The van der Waals surface area contributed by atoms with E-state index in [1.165, 1.54) is 5.56 Å². The van der Waals surface area contributed by atoms with Gasteiger partial charge in [-0.2, -0.15) is 5.10 Å². The first-order valence-corrected chi connectivity index (χ1v) is 8.20. The average molecular weight is 343 g/mol. The maximum absolute atomic E-state index is 12.4. The Kier molecular flexibility index (Phi) is 5.80. The van der Waals surface area contributed by atoms with Crippen molar-refractivity contribution in [1.82, 2.24) is 20.4 Å². The second kappa shape index (κ2) is 7.83. The summed E-state index contributed by atoms with van der Waals surface area (Å²) >= 11 is 0. The van der Waals surface area contributed by atoms with Crippen LogP contribution in [0.1, 0.15) is 39.8 Å². The normalized spacial score (nSPS) is 11.8. The molecule has 0 spiro atoms. The van der Waals surface area contributed by atoms with Crippen LogP contribution in [0.3, 0.4) is 0 Å². The molecule has 4 N–H and O–H groups in total. The number of primary amides is 1. The number of rotatable bonds is 6. The van der Waals surface area contributed by atoms with Gasteiger partial charge in [0.25, 0.3) is 5.91 Å². The Hall–Kier alpha value is -2.83. The monoisotopic (exact) mass is 343 g/mol. The van der Waals surface area contributed by atoms with Crippen molar-refractivity contribution in [3.05, 3.63) is 52.3 Å². The number of nitrogens with two attached hydrogens (primary N) is 1. The topological polar surface area (TPSA) is 102 Å². The number of carbonyl (C=O) groups excluding carboxylic acids is 2. The maximum Gasteiger partial charge on any atom is 0.312 e. The standard InChI is InChI=1S/C18H25N5O2/c1-11(9-16-12(2)22-23(4)13(16)3)21-17(24)15-7-5-14(6-8-15)10-20-18(19)25/h5-8,11H,9-10H2,1-4H3,(H,21,24)(H3,19,20,25). The van der Waals surface area contributed by atoms with Crippen LogP contribution in [-0.2, 0) is 20.0 Å². The smallest absolute Gasteiger partial charge is 0.312 e. The van der Waals surface area contributed by atoms with Crippen molar-refractivity contribution < 1.29 is 9.59 Å². The number of urea groups is 1. The minimum Gasteiger partial charge on any atom is -0.352 e. The lowest BCUT2D eigenvalue weighted by Crippen LogP contribution is -2.34. The molecule has 0 bridgehead atoms. The van der Waals surface area contributed by atoms with E-state index in [1.54, 1.807) is 24.3 Å². The van der Waals surface area contributed by atoms with Crippen molar-refractivity contribution in [1.29, 1.82) is 0 Å². The first-order chi connectivity index (χ1) is 11.8. The second-order valence-corrected chi connectivity index (χ2v) is 6.27. The third kappa shape index (κ3) is 4.82. The number of hydrogen-bond donors (Lipinski definition) is 3. The molecule has 0 fully saturated rings. The molecule has 2 rings (SSSR count). The number of nitrogens with zero attached hydrogens (tertiary/aromatic N) is 2. The highest BCUT2D eigenvalue weighted by atomic mass is 16.2. The van der Waals surface area contributed by atoms with Crippen molar-refractivity contribution in [2.75, 3.05) is 0 Å². The van der Waals surface area contributed by atoms with Gasteiger partial charge in [-0.3, -0.25) is 9.48 Å². The molecule has 0 saturated carbocycles. The van der Waals surface area contributed by atoms with Gasteiger partial charge in [0.2, 0.25) is 0 Å². The Labute approximate surface area is 147 Å². The fourth-order valence-electron chi connectivity index (χ4n) is 2.74. The summed E-state index contributed by atoms with van der Waals surface area (Å²) in [5, 5.41) is 9.93. The van der Waals surface area contributed by atoms with Crippen molar-refractivity contribution >= 4 is 11.9 Å². The molecule has 0 radical (unpaired) electrons. The van der Waals surface area contributed by atoms with E-state index >= 15 is 0 Å². The SMILES string of the molecule is Cc1nn(C)c(C)c1CC(C)NC(=O)c1ccc(CNC(N)=O)cc1. The zero-order chi connectivity index (χ0) is 18.6. The lowest BCUT2D eigenvalue weighted by Gasteiger charge is -2.14. The third-order valence-corrected chi connectivity index (χ3v) is 4.23. The van der Waals surface area contributed by atoms with E-state index < -0.39 is 6.03 Å². The molecular formula is C18H25N5O2. The summed E-state index contributed by atoms with van der Waals surface area (Å²) in [5.41, 5.74) is 9.78. The molecule has 1 aromatic carbocycles. The van der Waals surface area contributed by atoms with Crippen LogP contribution in [0.15, 0.2) is 24.3 Å². The molecule has 134 valence electrons. The summed E-state index contributed by atoms with van der Waals surface area (Å²) in [6.07, 6.45) is 0.734. The third-order valence-electron chi connectivity index (χ3n) is 4.23. The minimum absolute atomic E-state index is 0.00898. The molecule has 1 unspecified atom stereocenters. The fourth-order valence-corrected chi connectivity index (χ4v) is 2.74. The lowest BCUT2D eigenvalue weighted by atomic mass is 10.0. The van der Waals surface area contributed by atoms with Crippen LogP contribution in [0.5, 0.6) is 0 Å². The number of amides is 3. The van der Waals surface area contributed by atoms with Crippen LogP contribution >= 0.6 is 0 Å². The van der Waals surface area contributed by atoms with Crippen LogP contribution in [0, 0.1) is 13.8 Å². The number of aromatic nitrogens is 2. The Morgan fingerprint density at radius 3 is 2.40 bits per heavy atom. The quantitative estimate of drug-likeness (QED) is 0.742. The van der Waals surface area contributed by atoms with Gasteiger partial charge in [0.1, 0.15) is 0 Å². The zero-order valence-electron chi connectivity index (χ0n) is 15.1. The summed E-state index contributed by atoms with van der Waals surface area (Å²) in [5.74, 6) is -0.124. The van der Waals surface area contributed by atoms with Crippen LogP contribution in [-0.4, -0.2) is 27.8 Å². The van der Waals surface area contributed by atoms with Crippen LogP contribution in [0.2, 0.25) is 0 Å². The predicted molar refractivity (Wildman–Crippen MR) is 96.2 cm³/mol. The highest BCUT2D eigenvalue weighted by molar-refractivity contribution is 5.94. The van der Waals surface area contributed by atoms with E-state index in [1.807, 2.05) is 32.5 Å². The maximum atomic E-state index is 12.4. The first-order valence-electron chi connectivity index (χ1n) is 8.20. The van der Waals surface area contributed by atoms with Gasteiger partial charge in [0, 0.05) is 30.9 Å². The van der Waals surface area contributed by atoms with Crippen LogP contribution in [0.25, 0.3) is 0 Å². The highest BCUT2D eigenvalue weighted by Gasteiger charge is 2.15. The van der Waals surface area contributed by atoms with E-state index in [2.05, 4.69) is 15.7 Å². The van der Waals surface area contributed by atoms with Gasteiger partial charge in [-0.25, -0.2) is 4.79 Å². The van der Waals surface area contributed by atoms with E-state index in [0.717, 1.165) is 23.4 Å². The zero-order valence-corrected chi connectivity index (χ0v) is 15.1. The molecule has 7 heteroatoms. The molecule has 0 aliphatic carbocycles. The summed E-state index contributed by atoms with van der Waals surface area (Å²) in [6.45, 7) is 6.33. The Bertz CT molecular complexity index is 765. The number of hydrogen-bond acceptors (Lipinski definition) is 3. The van der Waals surface area contributed by atoms with Gasteiger partial charge in [0.05, 0.1) is 5.69 Å². The molecular weight excluding hydrogens is 318 g/mol. The molecule has 1 aromatic heterocycles. The molecule has 2 aromatic rings. The number of nitrogens with one attached hydrogen (secondary N) is 2. The lowest BCUT2D eigenvalue weighted by molar-refractivity contribution is 0.0940. The van der Waals surface area contributed by atoms with Crippen LogP contribution < -0.4 is 16.4 Å². The van der Waals surface area contributed by atoms with Gasteiger partial charge in [0.15, 0.2) is 0 Å². The summed E-state index contributed by atoms with van der Waals surface area (Å²) in [6, 6.07) is 6.49. The van der Waals surface area contributed by atoms with E-state index in [0.29, 0.717) is 12.1 Å². The van der Waals surface area contributed by atoms with Gasteiger partial charge < -0.3 is 16.4 Å². The van der Waals surface area contributed by atoms with E-state index in [4.69, 9.17) is 5.73 Å². The van der Waals surface area contributed by atoms with Crippen LogP contribution in [0.4, 0.5) is 4.79 Å².